The van der Waals surface area contributed by atoms with Gasteiger partial charge in [0.1, 0.15) is 0 Å². The first-order chi connectivity index (χ1) is 12.2. The monoisotopic (exact) mass is 395 g/mol. The van der Waals surface area contributed by atoms with E-state index in [0.29, 0.717) is 5.17 Å². The summed E-state index contributed by atoms with van der Waals surface area (Å²) in [5.41, 5.74) is 2.88. The lowest BCUT2D eigenvalue weighted by atomic mass is 10.1. The number of aryl methyl sites for hydroxylation is 1. The van der Waals surface area contributed by atoms with E-state index in [1.54, 1.807) is 0 Å². The fourth-order valence-electron chi connectivity index (χ4n) is 3.21. The molecule has 2 atom stereocenters. The van der Waals surface area contributed by atoms with E-state index in [0.717, 1.165) is 16.8 Å². The molecule has 0 radical (unpaired) electrons. The Kier molecular flexibility index (Phi) is 5.12. The molecule has 0 bridgehead atoms. The van der Waals surface area contributed by atoms with Gasteiger partial charge in [-0.15, -0.1) is 0 Å². The number of aliphatic imine (C=N–C) groups is 1. The van der Waals surface area contributed by atoms with Crippen molar-refractivity contribution < 1.29 is 23.1 Å². The molecule has 0 spiro atoms. The third kappa shape index (κ3) is 3.78. The Morgan fingerprint density at radius 3 is 2.69 bits per heavy atom. The van der Waals surface area contributed by atoms with Gasteiger partial charge in [0.25, 0.3) is 0 Å². The Bertz CT molecular complexity index is 894. The summed E-state index contributed by atoms with van der Waals surface area (Å²) in [5, 5.41) is 10.8. The van der Waals surface area contributed by atoms with Crippen LogP contribution in [-0.2, 0) is 19.4 Å². The summed E-state index contributed by atoms with van der Waals surface area (Å²) in [6.07, 6.45) is -0.619. The molecular weight excluding hydrogens is 376 g/mol. The van der Waals surface area contributed by atoms with Crippen LogP contribution in [-0.4, -0.2) is 48.3 Å². The number of sulfone groups is 1. The van der Waals surface area contributed by atoms with E-state index in [2.05, 4.69) is 4.99 Å². The molecule has 26 heavy (non-hydrogen) atoms. The van der Waals surface area contributed by atoms with Gasteiger partial charge < -0.3 is 14.8 Å². The van der Waals surface area contributed by atoms with Gasteiger partial charge in [-0.1, -0.05) is 23.9 Å². The molecule has 1 aromatic carbocycles. The van der Waals surface area contributed by atoms with Gasteiger partial charge in [-0.25, -0.2) is 8.42 Å². The van der Waals surface area contributed by atoms with Crippen LogP contribution < -0.4 is 10.0 Å². The minimum absolute atomic E-state index is 0.0182. The predicted molar refractivity (Wildman–Crippen MR) is 98.9 cm³/mol. The van der Waals surface area contributed by atoms with Crippen LogP contribution in [0.1, 0.15) is 24.0 Å². The molecule has 2 aliphatic rings. The molecule has 1 amide bonds. The van der Waals surface area contributed by atoms with Crippen LogP contribution >= 0.6 is 11.8 Å². The Morgan fingerprint density at radius 2 is 2.00 bits per heavy atom. The van der Waals surface area contributed by atoms with Crippen LogP contribution in [0.25, 0.3) is 0 Å². The van der Waals surface area contributed by atoms with E-state index in [-0.39, 0.29) is 35.6 Å². The third-order valence-corrected chi connectivity index (χ3v) is 7.88. The van der Waals surface area contributed by atoms with E-state index in [1.165, 1.54) is 11.8 Å². The van der Waals surface area contributed by atoms with Crippen LogP contribution in [0.3, 0.4) is 0 Å². The Balaban J connectivity index is 1.97. The second-order valence-corrected chi connectivity index (χ2v) is 9.91. The number of aliphatic carboxylic acids is 1. The molecule has 140 valence electrons. The summed E-state index contributed by atoms with van der Waals surface area (Å²) in [7, 11) is -3.13. The van der Waals surface area contributed by atoms with Gasteiger partial charge >= 0.3 is 0 Å². The number of hydrogen-bond acceptors (Lipinski definition) is 6. The maximum Gasteiger partial charge on any atom is 0.248 e. The predicted octanol–water partition coefficient (Wildman–Crippen LogP) is 0.435. The Labute approximate surface area is 156 Å². The summed E-state index contributed by atoms with van der Waals surface area (Å²) in [4.78, 5) is 28.5. The first-order valence-corrected chi connectivity index (χ1v) is 10.9. The number of carboxylic acids is 1. The minimum atomic E-state index is -3.13. The molecule has 0 aliphatic carbocycles. The first-order valence-electron chi connectivity index (χ1n) is 8.22. The number of anilines is 1. The number of carbonyl (C=O) groups is 2. The molecule has 0 N–H and O–H groups in total. The highest BCUT2D eigenvalue weighted by Gasteiger charge is 2.49. The molecule has 2 aliphatic heterocycles. The summed E-state index contributed by atoms with van der Waals surface area (Å²) < 4.78 is 24.1. The van der Waals surface area contributed by atoms with Crippen LogP contribution in [0, 0.1) is 13.8 Å². The molecule has 7 nitrogen and oxygen atoms in total. The van der Waals surface area contributed by atoms with Crippen molar-refractivity contribution in [1.82, 2.24) is 0 Å². The Hall–Kier alpha value is -1.87. The average Bonchev–Trinajstić information content (AvgIpc) is 2.99. The number of fused-ring (bicyclic) bond motifs is 1. The number of carbonyl (C=O) groups excluding carboxylic acids is 2. The van der Waals surface area contributed by atoms with Crippen molar-refractivity contribution in [3.63, 3.8) is 0 Å². The molecule has 1 aromatic rings. The number of carboxylic acid groups (broad SMARTS) is 1. The maximum absolute atomic E-state index is 12.1. The summed E-state index contributed by atoms with van der Waals surface area (Å²) in [6, 6.07) is 5.46. The second kappa shape index (κ2) is 7.03. The molecule has 2 heterocycles. The van der Waals surface area contributed by atoms with Gasteiger partial charge in [-0.3, -0.25) is 4.79 Å². The smallest absolute Gasteiger partial charge is 0.248 e. The SMILES string of the molecule is Cc1cccc(N2C(=NC(=O)CCC(=O)[O-])S[C@H]3CS(=O)(=O)C[C@@H]32)c1C. The lowest BCUT2D eigenvalue weighted by Gasteiger charge is -2.26. The van der Waals surface area contributed by atoms with E-state index in [1.807, 2.05) is 36.9 Å². The van der Waals surface area contributed by atoms with Crippen LogP contribution in [0.2, 0.25) is 0 Å². The maximum atomic E-state index is 12.1. The summed E-state index contributed by atoms with van der Waals surface area (Å²) >= 11 is 1.28. The van der Waals surface area contributed by atoms with Crippen molar-refractivity contribution in [2.45, 2.75) is 38.0 Å². The van der Waals surface area contributed by atoms with Gasteiger partial charge in [-0.2, -0.15) is 4.99 Å². The highest BCUT2D eigenvalue weighted by Crippen LogP contribution is 2.42. The van der Waals surface area contributed by atoms with Crippen molar-refractivity contribution in [2.24, 2.45) is 4.99 Å². The fraction of sp³-hybridized carbons (Fsp3) is 0.471. The highest BCUT2D eigenvalue weighted by molar-refractivity contribution is 8.16. The lowest BCUT2D eigenvalue weighted by molar-refractivity contribution is -0.305. The van der Waals surface area contributed by atoms with Crippen molar-refractivity contribution in [3.05, 3.63) is 29.3 Å². The Morgan fingerprint density at radius 1 is 1.27 bits per heavy atom. The average molecular weight is 395 g/mol. The van der Waals surface area contributed by atoms with Crippen molar-refractivity contribution in [1.29, 1.82) is 0 Å². The van der Waals surface area contributed by atoms with Gasteiger partial charge in [0.05, 0.1) is 17.5 Å². The standard InChI is InChI=1S/C17H20N2O5S2/c1-10-4-3-5-12(11(10)2)19-13-8-26(23,24)9-14(13)25-17(19)18-15(20)6-7-16(21)22/h3-5,13-14H,6-9H2,1-2H3,(H,21,22)/p-1/t13-,14-/m0/s1. The largest absolute Gasteiger partial charge is 0.550 e. The van der Waals surface area contributed by atoms with Crippen molar-refractivity contribution in [3.8, 4) is 0 Å². The summed E-state index contributed by atoms with van der Waals surface area (Å²) in [5.74, 6) is -1.78. The van der Waals surface area contributed by atoms with Gasteiger partial charge in [-0.05, 0) is 37.5 Å². The number of rotatable bonds is 4. The van der Waals surface area contributed by atoms with E-state index < -0.39 is 21.7 Å². The quantitative estimate of drug-likeness (QED) is 0.728. The zero-order chi connectivity index (χ0) is 19.1. The summed E-state index contributed by atoms with van der Waals surface area (Å²) in [6.45, 7) is 3.91. The zero-order valence-electron chi connectivity index (χ0n) is 14.5. The molecule has 2 saturated heterocycles. The molecule has 0 aromatic heterocycles. The molecule has 2 fully saturated rings. The normalized spacial score (nSPS) is 25.5. The van der Waals surface area contributed by atoms with Crippen molar-refractivity contribution in [2.75, 3.05) is 16.4 Å². The van der Waals surface area contributed by atoms with Crippen LogP contribution in [0.5, 0.6) is 0 Å². The highest BCUT2D eigenvalue weighted by atomic mass is 32.2. The number of thioether (sulfide) groups is 1. The van der Waals surface area contributed by atoms with Gasteiger partial charge in [0, 0.05) is 23.3 Å². The number of benzene rings is 1. The zero-order valence-corrected chi connectivity index (χ0v) is 16.1. The first kappa shape index (κ1) is 18.9. The van der Waals surface area contributed by atoms with Gasteiger partial charge in [0.15, 0.2) is 15.0 Å². The van der Waals surface area contributed by atoms with E-state index in [9.17, 15) is 23.1 Å². The number of amidine groups is 1. The topological polar surface area (TPSA) is 107 Å². The second-order valence-electron chi connectivity index (χ2n) is 6.55. The van der Waals surface area contributed by atoms with Crippen LogP contribution in [0.15, 0.2) is 23.2 Å². The lowest BCUT2D eigenvalue weighted by Crippen LogP contribution is -2.38. The molecule has 0 unspecified atom stereocenters. The number of amides is 1. The molecule has 9 heteroatoms. The van der Waals surface area contributed by atoms with E-state index >= 15 is 0 Å². The third-order valence-electron chi connectivity index (χ3n) is 4.67. The fourth-order valence-corrected chi connectivity index (χ4v) is 7.14. The molecule has 3 rings (SSSR count). The van der Waals surface area contributed by atoms with E-state index in [4.69, 9.17) is 0 Å². The minimum Gasteiger partial charge on any atom is -0.550 e. The number of nitrogens with zero attached hydrogens (tertiary/aromatic N) is 2. The number of hydrogen-bond donors (Lipinski definition) is 0. The molecular formula is C17H19N2O5S2-. The van der Waals surface area contributed by atoms with Crippen molar-refractivity contribution >= 4 is 44.3 Å². The van der Waals surface area contributed by atoms with Gasteiger partial charge in [0.2, 0.25) is 5.91 Å². The van der Waals surface area contributed by atoms with Crippen LogP contribution in [0.4, 0.5) is 5.69 Å². The molecule has 0 saturated carbocycles.